The summed E-state index contributed by atoms with van der Waals surface area (Å²) in [6.45, 7) is 0. The molecule has 0 unspecified atom stereocenters. The van der Waals surface area contributed by atoms with Crippen molar-refractivity contribution in [3.8, 4) is 34.2 Å². The number of methoxy groups -OCH3 is 3. The van der Waals surface area contributed by atoms with E-state index in [0.717, 1.165) is 5.69 Å². The van der Waals surface area contributed by atoms with Crippen LogP contribution in [0.2, 0.25) is 0 Å². The molecule has 178 valence electrons. The molecule has 1 N–H and O–H groups in total. The summed E-state index contributed by atoms with van der Waals surface area (Å²) >= 11 is 0. The van der Waals surface area contributed by atoms with Crippen molar-refractivity contribution in [2.75, 3.05) is 26.6 Å². The molecule has 0 saturated carbocycles. The topological polar surface area (TPSA) is 74.6 Å². The third-order valence-corrected chi connectivity index (χ3v) is 5.27. The first-order chi connectivity index (χ1) is 17.0. The van der Waals surface area contributed by atoms with Gasteiger partial charge in [0.05, 0.1) is 32.6 Å². The zero-order valence-corrected chi connectivity index (χ0v) is 19.5. The molecular weight excluding hydrogens is 449 g/mol. The number of para-hydroxylation sites is 1. The molecule has 0 spiro atoms. The molecule has 0 bridgehead atoms. The van der Waals surface area contributed by atoms with Gasteiger partial charge in [0.1, 0.15) is 11.5 Å². The van der Waals surface area contributed by atoms with E-state index in [9.17, 15) is 9.18 Å². The van der Waals surface area contributed by atoms with Crippen LogP contribution in [0.5, 0.6) is 17.2 Å². The van der Waals surface area contributed by atoms with Crippen LogP contribution in [0.3, 0.4) is 0 Å². The van der Waals surface area contributed by atoms with Crippen LogP contribution < -0.4 is 19.5 Å². The average molecular weight is 474 g/mol. The number of allylic oxidation sites excluding steroid dienone is 1. The number of carbonyl (C=O) groups excluding carboxylic acids is 1. The molecule has 0 atom stereocenters. The van der Waals surface area contributed by atoms with Gasteiger partial charge in [-0.2, -0.15) is 5.10 Å². The maximum atomic E-state index is 13.5. The number of rotatable bonds is 9. The van der Waals surface area contributed by atoms with E-state index in [0.29, 0.717) is 39.8 Å². The van der Waals surface area contributed by atoms with E-state index in [1.165, 1.54) is 45.7 Å². The molecule has 0 aliphatic rings. The van der Waals surface area contributed by atoms with Crippen molar-refractivity contribution in [2.45, 2.75) is 0 Å². The number of ether oxygens (including phenoxy) is 3. The third-order valence-electron chi connectivity index (χ3n) is 5.27. The first kappa shape index (κ1) is 23.6. The molecular formula is C27H24FN3O4. The van der Waals surface area contributed by atoms with Gasteiger partial charge in [0, 0.05) is 41.9 Å². The van der Waals surface area contributed by atoms with Gasteiger partial charge in [0.15, 0.2) is 17.3 Å². The van der Waals surface area contributed by atoms with Crippen molar-refractivity contribution in [2.24, 2.45) is 0 Å². The number of benzene rings is 3. The summed E-state index contributed by atoms with van der Waals surface area (Å²) in [7, 11) is 4.59. The van der Waals surface area contributed by atoms with Crippen molar-refractivity contribution >= 4 is 11.5 Å². The number of hydrogen-bond acceptors (Lipinski definition) is 6. The van der Waals surface area contributed by atoms with Crippen LogP contribution in [-0.2, 0) is 0 Å². The normalized spacial score (nSPS) is 10.9. The Balaban J connectivity index is 1.64. The van der Waals surface area contributed by atoms with Crippen LogP contribution in [0.4, 0.5) is 10.1 Å². The molecule has 3 aromatic carbocycles. The second-order valence-electron chi connectivity index (χ2n) is 7.43. The summed E-state index contributed by atoms with van der Waals surface area (Å²) in [5, 5.41) is 7.66. The van der Waals surface area contributed by atoms with E-state index in [1.54, 1.807) is 35.1 Å². The summed E-state index contributed by atoms with van der Waals surface area (Å²) in [5.74, 6) is 0.802. The summed E-state index contributed by atoms with van der Waals surface area (Å²) in [6, 6.07) is 18.8. The van der Waals surface area contributed by atoms with Gasteiger partial charge in [-0.3, -0.25) is 4.79 Å². The Morgan fingerprint density at radius 1 is 0.943 bits per heavy atom. The van der Waals surface area contributed by atoms with E-state index in [-0.39, 0.29) is 11.6 Å². The van der Waals surface area contributed by atoms with Gasteiger partial charge in [-0.25, -0.2) is 9.07 Å². The number of halogens is 1. The Bertz CT molecular complexity index is 1320. The quantitative estimate of drug-likeness (QED) is 0.255. The van der Waals surface area contributed by atoms with Gasteiger partial charge in [0.2, 0.25) is 5.75 Å². The van der Waals surface area contributed by atoms with Crippen molar-refractivity contribution < 1.29 is 23.4 Å². The van der Waals surface area contributed by atoms with Gasteiger partial charge >= 0.3 is 0 Å². The summed E-state index contributed by atoms with van der Waals surface area (Å²) in [6.07, 6.45) is 4.60. The number of nitrogens with one attached hydrogen (secondary N) is 1. The maximum absolute atomic E-state index is 13.5. The van der Waals surface area contributed by atoms with Crippen LogP contribution in [0, 0.1) is 5.82 Å². The number of hydrogen-bond donors (Lipinski definition) is 1. The zero-order chi connectivity index (χ0) is 24.8. The summed E-state index contributed by atoms with van der Waals surface area (Å²) in [4.78, 5) is 13.2. The fourth-order valence-corrected chi connectivity index (χ4v) is 3.56. The molecule has 7 nitrogen and oxygen atoms in total. The first-order valence-electron chi connectivity index (χ1n) is 10.7. The number of aromatic nitrogens is 2. The molecule has 1 heterocycles. The van der Waals surface area contributed by atoms with Crippen molar-refractivity contribution in [3.63, 3.8) is 0 Å². The molecule has 0 aliphatic carbocycles. The van der Waals surface area contributed by atoms with Crippen LogP contribution >= 0.6 is 0 Å². The number of nitrogens with zero attached hydrogens (tertiary/aromatic N) is 2. The van der Waals surface area contributed by atoms with E-state index >= 15 is 0 Å². The van der Waals surface area contributed by atoms with E-state index in [2.05, 4.69) is 10.4 Å². The van der Waals surface area contributed by atoms with Crippen molar-refractivity contribution in [1.29, 1.82) is 0 Å². The molecule has 0 amide bonds. The minimum absolute atomic E-state index is 0.272. The fraction of sp³-hybridized carbons (Fsp3) is 0.111. The number of anilines is 1. The van der Waals surface area contributed by atoms with E-state index in [4.69, 9.17) is 14.2 Å². The lowest BCUT2D eigenvalue weighted by Gasteiger charge is -2.13. The third kappa shape index (κ3) is 5.16. The van der Waals surface area contributed by atoms with E-state index < -0.39 is 0 Å². The Hall–Kier alpha value is -4.59. The van der Waals surface area contributed by atoms with Crippen LogP contribution in [0.1, 0.15) is 10.4 Å². The Kier molecular flexibility index (Phi) is 7.11. The van der Waals surface area contributed by atoms with Crippen molar-refractivity contribution in [3.05, 3.63) is 96.6 Å². The highest BCUT2D eigenvalue weighted by Crippen LogP contribution is 2.40. The fourth-order valence-electron chi connectivity index (χ4n) is 3.56. The summed E-state index contributed by atoms with van der Waals surface area (Å²) < 4.78 is 31.2. The van der Waals surface area contributed by atoms with Gasteiger partial charge in [-0.1, -0.05) is 18.2 Å². The molecule has 0 radical (unpaired) electrons. The predicted molar refractivity (Wildman–Crippen MR) is 132 cm³/mol. The van der Waals surface area contributed by atoms with Crippen LogP contribution in [0.25, 0.3) is 16.9 Å². The lowest BCUT2D eigenvalue weighted by Crippen LogP contribution is -1.99. The van der Waals surface area contributed by atoms with Gasteiger partial charge in [-0.05, 0) is 36.4 Å². The maximum Gasteiger partial charge on any atom is 0.203 e. The standard InChI is InChI=1S/C27H24FN3O4/c1-33-24-15-20(16-25(34-2)27(24)35-3)29-14-13-23(32)22-17-31(21-7-5-4-6-8-21)30-26(22)18-9-11-19(28)12-10-18/h4-17,29H,1-3H3/b14-13-. The average Bonchev–Trinajstić information content (AvgIpc) is 3.34. The highest BCUT2D eigenvalue weighted by molar-refractivity contribution is 6.08. The Morgan fingerprint density at radius 3 is 2.20 bits per heavy atom. The molecule has 0 fully saturated rings. The minimum atomic E-state index is -0.362. The molecule has 1 aromatic heterocycles. The monoisotopic (exact) mass is 473 g/mol. The van der Waals surface area contributed by atoms with Crippen LogP contribution in [-0.4, -0.2) is 36.9 Å². The number of ketones is 1. The molecule has 4 rings (SSSR count). The number of carbonyl (C=O) groups is 1. The van der Waals surface area contributed by atoms with Crippen LogP contribution in [0.15, 0.2) is 85.2 Å². The summed E-state index contributed by atoms with van der Waals surface area (Å²) in [5.41, 5.74) is 2.91. The first-order valence-corrected chi connectivity index (χ1v) is 10.7. The highest BCUT2D eigenvalue weighted by atomic mass is 19.1. The molecule has 0 saturated heterocycles. The second kappa shape index (κ2) is 10.6. The minimum Gasteiger partial charge on any atom is -0.493 e. The van der Waals surface area contributed by atoms with E-state index in [1.807, 2.05) is 30.3 Å². The lowest BCUT2D eigenvalue weighted by atomic mass is 10.1. The second-order valence-corrected chi connectivity index (χ2v) is 7.43. The highest BCUT2D eigenvalue weighted by Gasteiger charge is 2.17. The largest absolute Gasteiger partial charge is 0.493 e. The lowest BCUT2D eigenvalue weighted by molar-refractivity contribution is 0.104. The zero-order valence-electron chi connectivity index (χ0n) is 19.5. The Morgan fingerprint density at radius 2 is 1.60 bits per heavy atom. The molecule has 4 aromatic rings. The molecule has 35 heavy (non-hydrogen) atoms. The Labute approximate surface area is 202 Å². The van der Waals surface area contributed by atoms with Crippen molar-refractivity contribution in [1.82, 2.24) is 9.78 Å². The van der Waals surface area contributed by atoms with Gasteiger partial charge in [-0.15, -0.1) is 0 Å². The molecule has 0 aliphatic heterocycles. The smallest absolute Gasteiger partial charge is 0.203 e. The van der Waals surface area contributed by atoms with Gasteiger partial charge < -0.3 is 19.5 Å². The van der Waals surface area contributed by atoms with Gasteiger partial charge in [0.25, 0.3) is 0 Å². The molecule has 8 heteroatoms. The SMILES string of the molecule is COc1cc(N/C=C\C(=O)c2cn(-c3ccccc3)nc2-c2ccc(F)cc2)cc(OC)c1OC. The predicted octanol–water partition coefficient (Wildman–Crippen LogP) is 5.51.